The van der Waals surface area contributed by atoms with E-state index in [0.717, 1.165) is 29.3 Å². The molecule has 0 spiro atoms. The van der Waals surface area contributed by atoms with Gasteiger partial charge in [0.25, 0.3) is 11.5 Å². The average Bonchev–Trinajstić information content (AvgIpc) is 3.56. The minimum atomic E-state index is -0.831. The minimum absolute atomic E-state index is 0.0194. The number of ether oxygens (including phenoxy) is 1. The maximum atomic E-state index is 15.3. The van der Waals surface area contributed by atoms with Gasteiger partial charge in [-0.25, -0.2) is 23.5 Å². The second kappa shape index (κ2) is 14.7. The summed E-state index contributed by atoms with van der Waals surface area (Å²) in [6.07, 6.45) is 2.65. The molecule has 14 nitrogen and oxygen atoms in total. The Morgan fingerprint density at radius 2 is 1.69 bits per heavy atom. The second-order valence-corrected chi connectivity index (χ2v) is 17.1. The first-order chi connectivity index (χ1) is 29.4. The van der Waals surface area contributed by atoms with Crippen molar-refractivity contribution in [1.82, 2.24) is 34.1 Å². The van der Waals surface area contributed by atoms with Gasteiger partial charge < -0.3 is 19.1 Å². The molecule has 2 saturated heterocycles. The molecule has 3 aliphatic heterocycles. The Bertz CT molecular complexity index is 2840. The number of carbonyl (C=O) groups excluding carboxylic acids is 2. The van der Waals surface area contributed by atoms with Crippen LogP contribution in [-0.2, 0) is 23.2 Å². The first-order valence-electron chi connectivity index (χ1n) is 21.1. The van der Waals surface area contributed by atoms with Crippen molar-refractivity contribution in [1.29, 1.82) is 0 Å². The van der Waals surface area contributed by atoms with Gasteiger partial charge in [-0.05, 0) is 111 Å². The maximum Gasteiger partial charge on any atom is 0.438 e. The lowest BCUT2D eigenvalue weighted by atomic mass is 9.91. The minimum Gasteiger partial charge on any atom is -0.381 e. The standard InChI is InChI=1S/C46H47FN8O6/c1-26-20-34(21-27(2)38(26)47)54-40(56)35-12-15-52(29(4)39(35)48-43(54)53-17-16-51(45(53)59)25-30-8-6-5-7-9-30)41(57)37-23-33-22-32(31-13-18-60-19-14-31)10-11-36(33)55(37)46(24-28(46)3)42-49-44(58)61-50-42/h5-11,20-23,28-29,31H,12-19,24-25H2,1-4H3,(H,49,50,58)/t28-,29-,46+/m0/s1. The monoisotopic (exact) mass is 826 g/mol. The van der Waals surface area contributed by atoms with Crippen molar-refractivity contribution in [2.75, 3.05) is 37.7 Å². The maximum absolute atomic E-state index is 15.3. The van der Waals surface area contributed by atoms with E-state index in [-0.39, 0.29) is 54.7 Å². The number of aryl methyl sites for hydroxylation is 2. The highest BCUT2D eigenvalue weighted by Gasteiger charge is 2.59. The normalized spacial score (nSPS) is 21.7. The van der Waals surface area contributed by atoms with E-state index in [4.69, 9.17) is 14.2 Å². The molecule has 6 heterocycles. The SMILES string of the molecule is Cc1cc(-n2c(N3CCN(Cc4ccccc4)C3=O)nc3c(c2=O)CCN(C(=O)c2cc4cc(C5CCOCC5)ccc4n2[C@]2(c4noc(=O)[nH]4)C[C@@H]2C)[C@H]3C)cc(C)c1F. The zero-order chi connectivity index (χ0) is 42.3. The first-order valence-corrected chi connectivity index (χ1v) is 21.1. The molecule has 1 saturated carbocycles. The molecule has 0 radical (unpaired) electrons. The molecule has 4 aliphatic rings. The number of aromatic amines is 1. The quantitative estimate of drug-likeness (QED) is 0.183. The van der Waals surface area contributed by atoms with E-state index in [1.54, 1.807) is 35.8 Å². The Labute approximate surface area is 350 Å². The first kappa shape index (κ1) is 38.8. The van der Waals surface area contributed by atoms with Gasteiger partial charge in [-0.3, -0.25) is 24.0 Å². The van der Waals surface area contributed by atoms with E-state index in [1.165, 1.54) is 15.0 Å². The predicted octanol–water partition coefficient (Wildman–Crippen LogP) is 6.50. The lowest BCUT2D eigenvalue weighted by Gasteiger charge is -2.36. The Morgan fingerprint density at radius 1 is 0.951 bits per heavy atom. The Hall–Kier alpha value is -6.35. The van der Waals surface area contributed by atoms with Crippen LogP contribution in [-0.4, -0.2) is 78.8 Å². The molecule has 6 aromatic rings. The number of nitrogens with one attached hydrogen (secondary N) is 1. The number of urea groups is 1. The summed E-state index contributed by atoms with van der Waals surface area (Å²) in [5.41, 5.74) is 4.17. The van der Waals surface area contributed by atoms with E-state index in [9.17, 15) is 18.8 Å². The fourth-order valence-electron chi connectivity index (χ4n) is 10.0. The fraction of sp³-hybridized carbons (Fsp3) is 0.391. The van der Waals surface area contributed by atoms with E-state index in [1.807, 2.05) is 47.9 Å². The number of hydrogen-bond donors (Lipinski definition) is 1. The van der Waals surface area contributed by atoms with Gasteiger partial charge in [0.2, 0.25) is 5.95 Å². The van der Waals surface area contributed by atoms with Crippen LogP contribution in [0, 0.1) is 25.6 Å². The number of anilines is 1. The van der Waals surface area contributed by atoms with Crippen LogP contribution < -0.4 is 16.2 Å². The van der Waals surface area contributed by atoms with Crippen molar-refractivity contribution >= 4 is 28.8 Å². The van der Waals surface area contributed by atoms with Crippen LogP contribution in [0.5, 0.6) is 0 Å². The molecule has 10 rings (SSSR count). The summed E-state index contributed by atoms with van der Waals surface area (Å²) in [4.78, 5) is 69.6. The van der Waals surface area contributed by atoms with Crippen LogP contribution in [0.25, 0.3) is 16.6 Å². The summed E-state index contributed by atoms with van der Waals surface area (Å²) in [7, 11) is 0. The van der Waals surface area contributed by atoms with E-state index in [2.05, 4.69) is 35.3 Å². The number of nitrogens with zero attached hydrogens (tertiary/aromatic N) is 7. The number of fused-ring (bicyclic) bond motifs is 2. The summed E-state index contributed by atoms with van der Waals surface area (Å²) in [6, 6.07) is 20.2. The number of aromatic nitrogens is 5. The molecule has 15 heteroatoms. The molecular formula is C46H47FN8O6. The summed E-state index contributed by atoms with van der Waals surface area (Å²) in [5, 5.41) is 5.04. The fourth-order valence-corrected chi connectivity index (χ4v) is 10.0. The number of benzene rings is 3. The third-order valence-corrected chi connectivity index (χ3v) is 13.4. The van der Waals surface area contributed by atoms with Crippen molar-refractivity contribution in [2.45, 2.75) is 77.4 Å². The van der Waals surface area contributed by atoms with Gasteiger partial charge >= 0.3 is 11.8 Å². The summed E-state index contributed by atoms with van der Waals surface area (Å²) in [5.74, 6) is -0.476. The topological polar surface area (TPSA) is 152 Å². The van der Waals surface area contributed by atoms with Crippen molar-refractivity contribution in [3.05, 3.63) is 138 Å². The average molecular weight is 827 g/mol. The van der Waals surface area contributed by atoms with Crippen LogP contribution in [0.1, 0.15) is 94.9 Å². The molecule has 314 valence electrons. The number of rotatable bonds is 8. The van der Waals surface area contributed by atoms with Crippen molar-refractivity contribution < 1.29 is 23.2 Å². The summed E-state index contributed by atoms with van der Waals surface area (Å²) >= 11 is 0. The molecule has 1 N–H and O–H groups in total. The van der Waals surface area contributed by atoms with Gasteiger partial charge in [0.1, 0.15) is 17.1 Å². The molecule has 3 atom stereocenters. The largest absolute Gasteiger partial charge is 0.438 e. The van der Waals surface area contributed by atoms with E-state index in [0.29, 0.717) is 78.2 Å². The van der Waals surface area contributed by atoms with Gasteiger partial charge in [-0.2, -0.15) is 0 Å². The van der Waals surface area contributed by atoms with E-state index < -0.39 is 17.3 Å². The highest BCUT2D eigenvalue weighted by Crippen LogP contribution is 2.56. The number of carbonyl (C=O) groups is 2. The van der Waals surface area contributed by atoms with Gasteiger partial charge in [-0.15, -0.1) is 0 Å². The molecule has 1 aliphatic carbocycles. The van der Waals surface area contributed by atoms with Crippen LogP contribution in [0.4, 0.5) is 15.1 Å². The van der Waals surface area contributed by atoms with Gasteiger partial charge in [0, 0.05) is 55.9 Å². The lowest BCUT2D eigenvalue weighted by Crippen LogP contribution is -2.45. The number of halogens is 1. The van der Waals surface area contributed by atoms with Crippen LogP contribution in [0.3, 0.4) is 0 Å². The highest BCUT2D eigenvalue weighted by atomic mass is 19.1. The van der Waals surface area contributed by atoms with Gasteiger partial charge in [0.05, 0.1) is 17.4 Å². The predicted molar refractivity (Wildman–Crippen MR) is 225 cm³/mol. The molecule has 0 unspecified atom stereocenters. The molecule has 3 amide bonds. The smallest absolute Gasteiger partial charge is 0.381 e. The number of H-pyrrole nitrogens is 1. The van der Waals surface area contributed by atoms with Crippen LogP contribution >= 0.6 is 0 Å². The van der Waals surface area contributed by atoms with Crippen LogP contribution in [0.2, 0.25) is 0 Å². The summed E-state index contributed by atoms with van der Waals surface area (Å²) in [6.45, 7) is 9.88. The van der Waals surface area contributed by atoms with E-state index >= 15 is 4.79 Å². The zero-order valence-electron chi connectivity index (χ0n) is 34.6. The van der Waals surface area contributed by atoms with Crippen LogP contribution in [0.15, 0.2) is 80.8 Å². The zero-order valence-corrected chi connectivity index (χ0v) is 34.6. The Morgan fingerprint density at radius 3 is 2.38 bits per heavy atom. The molecule has 61 heavy (non-hydrogen) atoms. The third-order valence-electron chi connectivity index (χ3n) is 13.4. The molecule has 3 aromatic carbocycles. The number of hydrogen-bond acceptors (Lipinski definition) is 8. The third kappa shape index (κ3) is 6.31. The number of amides is 3. The summed E-state index contributed by atoms with van der Waals surface area (Å²) < 4.78 is 29.1. The Balaban J connectivity index is 1.08. The van der Waals surface area contributed by atoms with Crippen molar-refractivity contribution in [2.24, 2.45) is 5.92 Å². The molecule has 0 bridgehead atoms. The van der Waals surface area contributed by atoms with Gasteiger partial charge in [-0.1, -0.05) is 48.5 Å². The molecule has 3 aromatic heterocycles. The molecule has 3 fully saturated rings. The molecular weight excluding hydrogens is 780 g/mol. The Kier molecular flexibility index (Phi) is 9.34. The highest BCUT2D eigenvalue weighted by molar-refractivity contribution is 6.00. The lowest BCUT2D eigenvalue weighted by molar-refractivity contribution is 0.0658. The van der Waals surface area contributed by atoms with Crippen molar-refractivity contribution in [3.8, 4) is 5.69 Å². The second-order valence-electron chi connectivity index (χ2n) is 17.1. The van der Waals surface area contributed by atoms with Crippen molar-refractivity contribution in [3.63, 3.8) is 0 Å². The van der Waals surface area contributed by atoms with Gasteiger partial charge in [0.15, 0.2) is 5.82 Å².